The summed E-state index contributed by atoms with van der Waals surface area (Å²) >= 11 is 0. The number of nitrogens with zero attached hydrogens (tertiary/aromatic N) is 1. The topological polar surface area (TPSA) is 91.5 Å². The fraction of sp³-hybridized carbons (Fsp3) is 0.375. The molecule has 0 amide bonds. The van der Waals surface area contributed by atoms with Crippen LogP contribution in [0.3, 0.4) is 0 Å². The lowest BCUT2D eigenvalue weighted by Gasteiger charge is -2.15. The average Bonchev–Trinajstić information content (AvgIpc) is 2.17. The third-order valence-corrected chi connectivity index (χ3v) is 2.74. The Balaban J connectivity index is 3.51. The van der Waals surface area contributed by atoms with Crippen molar-refractivity contribution in [2.24, 2.45) is 5.14 Å². The number of alkyl halides is 3. The molecule has 0 unspecified atom stereocenters. The molecule has 18 heavy (non-hydrogen) atoms. The van der Waals surface area contributed by atoms with Gasteiger partial charge in [-0.2, -0.15) is 0 Å². The van der Waals surface area contributed by atoms with Crippen LogP contribution >= 0.6 is 0 Å². The van der Waals surface area contributed by atoms with Crippen molar-refractivity contribution >= 4 is 10.0 Å². The SMILES string of the molecule is COc1cnc(S(N)(=O)=O)c(OC(F)(F)F)c1C. The first-order valence-electron chi connectivity index (χ1n) is 4.38. The number of sulfonamides is 1. The van der Waals surface area contributed by atoms with E-state index in [9.17, 15) is 21.6 Å². The highest BCUT2D eigenvalue weighted by atomic mass is 32.2. The number of methoxy groups -OCH3 is 1. The maximum absolute atomic E-state index is 12.2. The number of rotatable bonds is 3. The van der Waals surface area contributed by atoms with Gasteiger partial charge in [0.05, 0.1) is 13.3 Å². The summed E-state index contributed by atoms with van der Waals surface area (Å²) in [5, 5.41) is 3.76. The predicted molar refractivity (Wildman–Crippen MR) is 53.6 cm³/mol. The number of ether oxygens (including phenoxy) is 2. The van der Waals surface area contributed by atoms with Crippen LogP contribution in [0.15, 0.2) is 11.2 Å². The van der Waals surface area contributed by atoms with E-state index in [-0.39, 0.29) is 11.3 Å². The molecule has 102 valence electrons. The molecule has 0 aromatic carbocycles. The first kappa shape index (κ1) is 14.5. The van der Waals surface area contributed by atoms with Crippen molar-refractivity contribution in [3.63, 3.8) is 0 Å². The van der Waals surface area contributed by atoms with E-state index in [1.807, 2.05) is 0 Å². The molecule has 1 rings (SSSR count). The van der Waals surface area contributed by atoms with E-state index < -0.39 is 27.2 Å². The summed E-state index contributed by atoms with van der Waals surface area (Å²) in [6, 6.07) is 0. The predicted octanol–water partition coefficient (Wildman–Crippen LogP) is 0.945. The number of pyridine rings is 1. The monoisotopic (exact) mass is 286 g/mol. The number of hydrogen-bond acceptors (Lipinski definition) is 5. The minimum atomic E-state index is -5.07. The summed E-state index contributed by atoms with van der Waals surface area (Å²) < 4.78 is 67.2. The minimum absolute atomic E-state index is 0.0540. The van der Waals surface area contributed by atoms with Crippen molar-refractivity contribution in [1.29, 1.82) is 0 Å². The van der Waals surface area contributed by atoms with E-state index in [2.05, 4.69) is 9.72 Å². The Morgan fingerprint density at radius 3 is 2.33 bits per heavy atom. The number of halogens is 3. The van der Waals surface area contributed by atoms with Crippen LogP contribution in [0.25, 0.3) is 0 Å². The molecule has 0 aliphatic heterocycles. The van der Waals surface area contributed by atoms with Crippen molar-refractivity contribution in [1.82, 2.24) is 4.98 Å². The molecule has 0 aliphatic carbocycles. The molecule has 0 atom stereocenters. The van der Waals surface area contributed by atoms with E-state index >= 15 is 0 Å². The molecular weight excluding hydrogens is 277 g/mol. The molecule has 2 N–H and O–H groups in total. The molecule has 6 nitrogen and oxygen atoms in total. The fourth-order valence-electron chi connectivity index (χ4n) is 1.19. The van der Waals surface area contributed by atoms with Gasteiger partial charge >= 0.3 is 6.36 Å². The largest absolute Gasteiger partial charge is 0.573 e. The van der Waals surface area contributed by atoms with Gasteiger partial charge in [0.1, 0.15) is 5.75 Å². The Morgan fingerprint density at radius 1 is 1.39 bits per heavy atom. The lowest BCUT2D eigenvalue weighted by molar-refractivity contribution is -0.276. The molecule has 10 heteroatoms. The molecule has 0 bridgehead atoms. The van der Waals surface area contributed by atoms with E-state index in [1.54, 1.807) is 0 Å². The number of hydrogen-bond donors (Lipinski definition) is 1. The van der Waals surface area contributed by atoms with Gasteiger partial charge < -0.3 is 9.47 Å². The lowest BCUT2D eigenvalue weighted by Crippen LogP contribution is -2.23. The van der Waals surface area contributed by atoms with Gasteiger partial charge in [0.25, 0.3) is 10.0 Å². The molecule has 0 radical (unpaired) electrons. The molecule has 1 aromatic heterocycles. The van der Waals surface area contributed by atoms with Crippen molar-refractivity contribution in [2.75, 3.05) is 7.11 Å². The maximum Gasteiger partial charge on any atom is 0.573 e. The maximum atomic E-state index is 12.2. The summed E-state index contributed by atoms with van der Waals surface area (Å²) in [4.78, 5) is 3.30. The first-order valence-corrected chi connectivity index (χ1v) is 5.93. The second-order valence-corrected chi connectivity index (χ2v) is 4.66. The summed E-state index contributed by atoms with van der Waals surface area (Å²) in [6.07, 6.45) is -4.13. The molecule has 0 saturated carbocycles. The highest BCUT2D eigenvalue weighted by molar-refractivity contribution is 7.89. The van der Waals surface area contributed by atoms with Gasteiger partial charge in [0.15, 0.2) is 5.75 Å². The lowest BCUT2D eigenvalue weighted by atomic mass is 10.2. The van der Waals surface area contributed by atoms with E-state index in [0.717, 1.165) is 6.20 Å². The second-order valence-electron chi connectivity index (χ2n) is 3.18. The summed E-state index contributed by atoms with van der Waals surface area (Å²) in [6.45, 7) is 1.19. The van der Waals surface area contributed by atoms with Gasteiger partial charge in [-0.25, -0.2) is 18.5 Å². The Kier molecular flexibility index (Phi) is 3.72. The van der Waals surface area contributed by atoms with E-state index in [1.165, 1.54) is 14.0 Å². The summed E-state index contributed by atoms with van der Waals surface area (Å²) in [7, 11) is -3.25. The van der Waals surface area contributed by atoms with E-state index in [4.69, 9.17) is 9.88 Å². The van der Waals surface area contributed by atoms with Crippen LogP contribution in [-0.4, -0.2) is 26.9 Å². The zero-order chi connectivity index (χ0) is 14.1. The van der Waals surface area contributed by atoms with Crippen LogP contribution in [0.2, 0.25) is 0 Å². The van der Waals surface area contributed by atoms with Crippen molar-refractivity contribution in [2.45, 2.75) is 18.3 Å². The Hall–Kier alpha value is -1.55. The van der Waals surface area contributed by atoms with E-state index in [0.29, 0.717) is 0 Å². The highest BCUT2D eigenvalue weighted by Gasteiger charge is 2.35. The molecule has 1 aromatic rings. The van der Waals surface area contributed by atoms with Gasteiger partial charge in [0, 0.05) is 5.56 Å². The normalized spacial score (nSPS) is 12.3. The van der Waals surface area contributed by atoms with Crippen LogP contribution in [0.1, 0.15) is 5.56 Å². The number of aromatic nitrogens is 1. The van der Waals surface area contributed by atoms with Crippen LogP contribution in [-0.2, 0) is 10.0 Å². The van der Waals surface area contributed by atoms with Crippen LogP contribution in [0.5, 0.6) is 11.5 Å². The van der Waals surface area contributed by atoms with Crippen molar-refractivity contribution in [3.05, 3.63) is 11.8 Å². The second kappa shape index (κ2) is 4.61. The standard InChI is InChI=1S/C8H9F3N2O4S/c1-4-5(16-2)3-13-7(18(12,14)15)6(4)17-8(9,10)11/h3H,1-2H3,(H2,12,14,15). The van der Waals surface area contributed by atoms with Gasteiger partial charge in [-0.1, -0.05) is 0 Å². The molecule has 0 spiro atoms. The molecule has 0 saturated heterocycles. The van der Waals surface area contributed by atoms with Crippen LogP contribution in [0.4, 0.5) is 13.2 Å². The first-order chi connectivity index (χ1) is 8.06. The Bertz CT molecular complexity index is 556. The summed E-state index contributed by atoms with van der Waals surface area (Å²) in [5.74, 6) is -1.05. The average molecular weight is 286 g/mol. The third kappa shape index (κ3) is 3.23. The van der Waals surface area contributed by atoms with Crippen molar-refractivity contribution < 1.29 is 31.1 Å². The minimum Gasteiger partial charge on any atom is -0.495 e. The zero-order valence-corrected chi connectivity index (χ0v) is 10.1. The third-order valence-electron chi connectivity index (χ3n) is 1.91. The highest BCUT2D eigenvalue weighted by Crippen LogP contribution is 2.35. The number of nitrogens with two attached hydrogens (primary N) is 1. The molecule has 1 heterocycles. The van der Waals surface area contributed by atoms with Gasteiger partial charge in [-0.3, -0.25) is 0 Å². The van der Waals surface area contributed by atoms with Crippen LogP contribution in [0, 0.1) is 6.92 Å². The van der Waals surface area contributed by atoms with Gasteiger partial charge in [-0.15, -0.1) is 13.2 Å². The zero-order valence-electron chi connectivity index (χ0n) is 9.28. The quantitative estimate of drug-likeness (QED) is 0.893. The molecular formula is C8H9F3N2O4S. The van der Waals surface area contributed by atoms with Crippen LogP contribution < -0.4 is 14.6 Å². The molecule has 0 aliphatic rings. The Labute approximate surface area is 101 Å². The molecule has 0 fully saturated rings. The van der Waals surface area contributed by atoms with Crippen molar-refractivity contribution in [3.8, 4) is 11.5 Å². The van der Waals surface area contributed by atoms with Gasteiger partial charge in [-0.05, 0) is 6.92 Å². The fourth-order valence-corrected chi connectivity index (χ4v) is 1.84. The smallest absolute Gasteiger partial charge is 0.495 e. The Morgan fingerprint density at radius 2 is 1.94 bits per heavy atom. The van der Waals surface area contributed by atoms with Gasteiger partial charge in [0.2, 0.25) is 5.03 Å². The number of primary sulfonamides is 1. The summed E-state index contributed by atoms with van der Waals surface area (Å²) in [5.41, 5.74) is -0.172.